The topological polar surface area (TPSA) is 46.3 Å². The van der Waals surface area contributed by atoms with Crippen molar-refractivity contribution in [2.75, 3.05) is 14.1 Å². The summed E-state index contributed by atoms with van der Waals surface area (Å²) in [6, 6.07) is 0.115. The van der Waals surface area contributed by atoms with Crippen LogP contribution in [-0.2, 0) is 4.79 Å². The molecule has 0 heterocycles. The molecule has 0 spiro atoms. The van der Waals surface area contributed by atoms with E-state index in [-0.39, 0.29) is 17.9 Å². The molecule has 2 N–H and O–H groups in total. The highest BCUT2D eigenvalue weighted by molar-refractivity contribution is 5.75. The smallest absolute Gasteiger partial charge is 0.222 e. The zero-order valence-electron chi connectivity index (χ0n) is 9.37. The van der Waals surface area contributed by atoms with Gasteiger partial charge in [0, 0.05) is 26.6 Å². The molecule has 0 aliphatic rings. The van der Waals surface area contributed by atoms with E-state index in [0.29, 0.717) is 12.3 Å². The summed E-state index contributed by atoms with van der Waals surface area (Å²) < 4.78 is 0. The minimum atomic E-state index is 0.115. The molecule has 3 heteroatoms. The second kappa shape index (κ2) is 5.22. The van der Waals surface area contributed by atoms with Gasteiger partial charge < -0.3 is 10.6 Å². The Morgan fingerprint density at radius 2 is 1.77 bits per heavy atom. The summed E-state index contributed by atoms with van der Waals surface area (Å²) in [5, 5.41) is 0. The Hall–Kier alpha value is -0.570. The van der Waals surface area contributed by atoms with Crippen LogP contribution in [0.4, 0.5) is 0 Å². The molecule has 0 bridgehead atoms. The molecular weight excluding hydrogens is 164 g/mol. The molecule has 0 rings (SSSR count). The number of carbonyl (C=O) groups is 1. The van der Waals surface area contributed by atoms with Crippen molar-refractivity contribution in [2.45, 2.75) is 33.2 Å². The van der Waals surface area contributed by atoms with Gasteiger partial charge in [0.1, 0.15) is 0 Å². The Bertz CT molecular complexity index is 166. The molecule has 3 nitrogen and oxygen atoms in total. The monoisotopic (exact) mass is 186 g/mol. The van der Waals surface area contributed by atoms with Crippen LogP contribution in [-0.4, -0.2) is 30.9 Å². The Kier molecular flexibility index (Phi) is 4.99. The molecule has 0 fully saturated rings. The lowest BCUT2D eigenvalue weighted by Crippen LogP contribution is -2.36. The summed E-state index contributed by atoms with van der Waals surface area (Å²) >= 11 is 0. The summed E-state index contributed by atoms with van der Waals surface area (Å²) in [4.78, 5) is 13.0. The average Bonchev–Trinajstić information content (AvgIpc) is 2.02. The molecule has 0 unspecified atom stereocenters. The van der Waals surface area contributed by atoms with E-state index in [1.807, 2.05) is 6.92 Å². The van der Waals surface area contributed by atoms with Crippen molar-refractivity contribution in [2.24, 2.45) is 17.6 Å². The van der Waals surface area contributed by atoms with Gasteiger partial charge in [0.2, 0.25) is 5.91 Å². The van der Waals surface area contributed by atoms with Gasteiger partial charge in [-0.1, -0.05) is 20.8 Å². The Balaban J connectivity index is 4.00. The molecule has 13 heavy (non-hydrogen) atoms. The van der Waals surface area contributed by atoms with Crippen LogP contribution in [0.1, 0.15) is 27.2 Å². The molecule has 1 amide bonds. The van der Waals surface area contributed by atoms with Gasteiger partial charge in [0.25, 0.3) is 0 Å². The molecule has 78 valence electrons. The predicted molar refractivity (Wildman–Crippen MR) is 55.3 cm³/mol. The van der Waals surface area contributed by atoms with E-state index in [0.717, 1.165) is 0 Å². The lowest BCUT2D eigenvalue weighted by atomic mass is 9.90. The van der Waals surface area contributed by atoms with Gasteiger partial charge in [0.15, 0.2) is 0 Å². The number of hydrogen-bond donors (Lipinski definition) is 1. The fourth-order valence-corrected chi connectivity index (χ4v) is 1.25. The Morgan fingerprint density at radius 1 is 1.31 bits per heavy atom. The van der Waals surface area contributed by atoms with Crippen molar-refractivity contribution in [1.29, 1.82) is 0 Å². The average molecular weight is 186 g/mol. The minimum absolute atomic E-state index is 0.115. The number of hydrogen-bond acceptors (Lipinski definition) is 2. The van der Waals surface area contributed by atoms with Crippen LogP contribution < -0.4 is 5.73 Å². The molecule has 2 atom stereocenters. The SMILES string of the molecule is CC(C)[C@@H](N)[C@H](C)CC(=O)N(C)C. The summed E-state index contributed by atoms with van der Waals surface area (Å²) in [6.07, 6.45) is 0.548. The lowest BCUT2D eigenvalue weighted by molar-refractivity contribution is -0.129. The van der Waals surface area contributed by atoms with Gasteiger partial charge in [-0.05, 0) is 11.8 Å². The molecule has 0 aliphatic carbocycles. The molecule has 0 saturated carbocycles. The molecule has 0 aromatic rings. The summed E-state index contributed by atoms with van der Waals surface area (Å²) in [5.74, 6) is 0.850. The Labute approximate surface area is 81.3 Å². The highest BCUT2D eigenvalue weighted by atomic mass is 16.2. The van der Waals surface area contributed by atoms with Crippen molar-refractivity contribution in [1.82, 2.24) is 4.90 Å². The number of nitrogens with two attached hydrogens (primary N) is 1. The first-order valence-electron chi connectivity index (χ1n) is 4.82. The van der Waals surface area contributed by atoms with E-state index in [2.05, 4.69) is 13.8 Å². The number of carbonyl (C=O) groups excluding carboxylic acids is 1. The maximum Gasteiger partial charge on any atom is 0.222 e. The van der Waals surface area contributed by atoms with Crippen LogP contribution in [0.15, 0.2) is 0 Å². The molecule has 0 aromatic carbocycles. The minimum Gasteiger partial charge on any atom is -0.349 e. The first-order chi connectivity index (χ1) is 5.86. The van der Waals surface area contributed by atoms with Crippen molar-refractivity contribution >= 4 is 5.91 Å². The summed E-state index contributed by atoms with van der Waals surface area (Å²) in [5.41, 5.74) is 5.94. The fourth-order valence-electron chi connectivity index (χ4n) is 1.25. The van der Waals surface area contributed by atoms with Crippen LogP contribution in [0.2, 0.25) is 0 Å². The first-order valence-corrected chi connectivity index (χ1v) is 4.82. The van der Waals surface area contributed by atoms with Crippen LogP contribution in [0.25, 0.3) is 0 Å². The quantitative estimate of drug-likeness (QED) is 0.714. The Morgan fingerprint density at radius 3 is 2.08 bits per heavy atom. The van der Waals surface area contributed by atoms with Crippen LogP contribution in [0, 0.1) is 11.8 Å². The molecule has 0 aromatic heterocycles. The fraction of sp³-hybridized carbons (Fsp3) is 0.900. The van der Waals surface area contributed by atoms with E-state index in [1.165, 1.54) is 0 Å². The molecule has 0 saturated heterocycles. The van der Waals surface area contributed by atoms with E-state index in [4.69, 9.17) is 5.73 Å². The zero-order valence-corrected chi connectivity index (χ0v) is 9.37. The summed E-state index contributed by atoms with van der Waals surface area (Å²) in [7, 11) is 3.55. The van der Waals surface area contributed by atoms with Crippen molar-refractivity contribution in [3.05, 3.63) is 0 Å². The van der Waals surface area contributed by atoms with Crippen LogP contribution in [0.3, 0.4) is 0 Å². The highest BCUT2D eigenvalue weighted by Crippen LogP contribution is 2.14. The standard InChI is InChI=1S/C10H22N2O/c1-7(2)10(11)8(3)6-9(13)12(4)5/h7-8,10H,6,11H2,1-5H3/t8-,10-/m1/s1. The van der Waals surface area contributed by atoms with Crippen LogP contribution >= 0.6 is 0 Å². The van der Waals surface area contributed by atoms with E-state index in [1.54, 1.807) is 19.0 Å². The first kappa shape index (κ1) is 12.4. The largest absolute Gasteiger partial charge is 0.349 e. The van der Waals surface area contributed by atoms with Crippen molar-refractivity contribution in [3.8, 4) is 0 Å². The van der Waals surface area contributed by atoms with E-state index < -0.39 is 0 Å². The predicted octanol–water partition coefficient (Wildman–Crippen LogP) is 1.08. The second-order valence-electron chi connectivity index (χ2n) is 4.29. The van der Waals surface area contributed by atoms with Crippen molar-refractivity contribution < 1.29 is 4.79 Å². The molecular formula is C10H22N2O. The van der Waals surface area contributed by atoms with Gasteiger partial charge in [-0.3, -0.25) is 4.79 Å². The summed E-state index contributed by atoms with van der Waals surface area (Å²) in [6.45, 7) is 6.20. The number of amides is 1. The molecule has 0 radical (unpaired) electrons. The lowest BCUT2D eigenvalue weighted by Gasteiger charge is -2.24. The normalized spacial score (nSPS) is 15.6. The van der Waals surface area contributed by atoms with E-state index in [9.17, 15) is 4.79 Å². The zero-order chi connectivity index (χ0) is 10.6. The maximum absolute atomic E-state index is 11.4. The second-order valence-corrected chi connectivity index (χ2v) is 4.29. The van der Waals surface area contributed by atoms with Gasteiger partial charge in [-0.15, -0.1) is 0 Å². The third-order valence-corrected chi connectivity index (χ3v) is 2.42. The van der Waals surface area contributed by atoms with Gasteiger partial charge in [-0.25, -0.2) is 0 Å². The number of nitrogens with zero attached hydrogens (tertiary/aromatic N) is 1. The van der Waals surface area contributed by atoms with Crippen molar-refractivity contribution in [3.63, 3.8) is 0 Å². The molecule has 0 aliphatic heterocycles. The van der Waals surface area contributed by atoms with Crippen LogP contribution in [0.5, 0.6) is 0 Å². The van der Waals surface area contributed by atoms with Gasteiger partial charge >= 0.3 is 0 Å². The highest BCUT2D eigenvalue weighted by Gasteiger charge is 2.19. The number of rotatable bonds is 4. The third-order valence-electron chi connectivity index (χ3n) is 2.42. The maximum atomic E-state index is 11.4. The third kappa shape index (κ3) is 4.27. The van der Waals surface area contributed by atoms with Gasteiger partial charge in [0.05, 0.1) is 0 Å². The van der Waals surface area contributed by atoms with Gasteiger partial charge in [-0.2, -0.15) is 0 Å². The van der Waals surface area contributed by atoms with E-state index >= 15 is 0 Å².